The van der Waals surface area contributed by atoms with Gasteiger partial charge in [-0.2, -0.15) is 0 Å². The maximum absolute atomic E-state index is 4.61. The smallest absolute Gasteiger partial charge is 0.137 e. The molecule has 1 aliphatic rings. The first kappa shape index (κ1) is 14.1. The number of nitrogens with one attached hydrogen (secondary N) is 3. The average molecular weight is 326 g/mol. The molecular formula is C21H18N4. The number of pyridine rings is 1. The third-order valence-corrected chi connectivity index (χ3v) is 4.81. The minimum absolute atomic E-state index is 0.882. The van der Waals surface area contributed by atoms with E-state index in [2.05, 4.69) is 75.1 Å². The van der Waals surface area contributed by atoms with Crippen molar-refractivity contribution < 1.29 is 0 Å². The Bertz CT molecular complexity index is 1130. The van der Waals surface area contributed by atoms with E-state index in [1.54, 1.807) is 0 Å². The third-order valence-electron chi connectivity index (χ3n) is 4.81. The molecule has 3 aromatic heterocycles. The van der Waals surface area contributed by atoms with Gasteiger partial charge in [0.25, 0.3) is 0 Å². The number of hydrogen-bond acceptors (Lipinski definition) is 2. The molecule has 25 heavy (non-hydrogen) atoms. The molecule has 0 saturated heterocycles. The molecule has 4 heterocycles. The number of dihydropyridines is 1. The minimum Gasteiger partial charge on any atom is -0.387 e. The maximum atomic E-state index is 4.61. The van der Waals surface area contributed by atoms with Crippen molar-refractivity contribution in [3.05, 3.63) is 84.0 Å². The quantitative estimate of drug-likeness (QED) is 0.530. The lowest BCUT2D eigenvalue weighted by atomic mass is 10.00. The molecule has 0 amide bonds. The van der Waals surface area contributed by atoms with Gasteiger partial charge in [-0.05, 0) is 34.9 Å². The fraction of sp³-hybridized carbons (Fsp3) is 0.0952. The van der Waals surface area contributed by atoms with Crippen LogP contribution in [-0.2, 0) is 6.42 Å². The normalized spacial score (nSPS) is 14.0. The Morgan fingerprint density at radius 3 is 2.96 bits per heavy atom. The monoisotopic (exact) mass is 326 g/mol. The van der Waals surface area contributed by atoms with Crippen LogP contribution < -0.4 is 5.32 Å². The highest BCUT2D eigenvalue weighted by Crippen LogP contribution is 2.27. The Kier molecular flexibility index (Phi) is 3.20. The number of fused-ring (bicyclic) bond motifs is 2. The van der Waals surface area contributed by atoms with Crippen molar-refractivity contribution in [2.75, 3.05) is 6.54 Å². The number of allylic oxidation sites excluding steroid dienone is 2. The van der Waals surface area contributed by atoms with Gasteiger partial charge in [-0.3, -0.25) is 0 Å². The first-order valence-electron chi connectivity index (χ1n) is 8.50. The molecule has 4 heteroatoms. The molecule has 1 aliphatic heterocycles. The average Bonchev–Trinajstić information content (AvgIpc) is 3.30. The molecule has 4 nitrogen and oxygen atoms in total. The Hall–Kier alpha value is -3.27. The second-order valence-electron chi connectivity index (χ2n) is 6.38. The second kappa shape index (κ2) is 5.67. The van der Waals surface area contributed by atoms with E-state index in [1.165, 1.54) is 33.0 Å². The topological polar surface area (TPSA) is 56.5 Å². The second-order valence-corrected chi connectivity index (χ2v) is 6.38. The fourth-order valence-corrected chi connectivity index (χ4v) is 3.52. The lowest BCUT2D eigenvalue weighted by Gasteiger charge is -2.09. The summed E-state index contributed by atoms with van der Waals surface area (Å²) in [6.45, 7) is 0.884. The highest BCUT2D eigenvalue weighted by molar-refractivity contribution is 5.88. The molecule has 0 unspecified atom stereocenters. The van der Waals surface area contributed by atoms with Gasteiger partial charge in [0.15, 0.2) is 0 Å². The molecule has 0 atom stereocenters. The zero-order valence-electron chi connectivity index (χ0n) is 13.7. The van der Waals surface area contributed by atoms with E-state index in [9.17, 15) is 0 Å². The first-order valence-corrected chi connectivity index (χ1v) is 8.50. The first-order chi connectivity index (χ1) is 12.4. The molecule has 4 aromatic rings. The highest BCUT2D eigenvalue weighted by atomic mass is 14.8. The van der Waals surface area contributed by atoms with E-state index in [-0.39, 0.29) is 0 Å². The number of rotatable bonds is 3. The van der Waals surface area contributed by atoms with Gasteiger partial charge in [-0.25, -0.2) is 4.98 Å². The van der Waals surface area contributed by atoms with Gasteiger partial charge in [0.05, 0.1) is 0 Å². The van der Waals surface area contributed by atoms with E-state index in [4.69, 9.17) is 0 Å². The zero-order valence-corrected chi connectivity index (χ0v) is 13.7. The number of hydrogen-bond donors (Lipinski definition) is 3. The molecule has 1 aromatic carbocycles. The predicted molar refractivity (Wildman–Crippen MR) is 102 cm³/mol. The lowest BCUT2D eigenvalue weighted by molar-refractivity contribution is 0.976. The van der Waals surface area contributed by atoms with Gasteiger partial charge in [-0.1, -0.05) is 24.3 Å². The van der Waals surface area contributed by atoms with Gasteiger partial charge < -0.3 is 15.3 Å². The van der Waals surface area contributed by atoms with Crippen molar-refractivity contribution in [1.82, 2.24) is 20.3 Å². The van der Waals surface area contributed by atoms with Gasteiger partial charge in [0.1, 0.15) is 5.65 Å². The van der Waals surface area contributed by atoms with Crippen molar-refractivity contribution in [1.29, 1.82) is 0 Å². The summed E-state index contributed by atoms with van der Waals surface area (Å²) < 4.78 is 0. The minimum atomic E-state index is 0.882. The van der Waals surface area contributed by atoms with Crippen LogP contribution in [0.15, 0.2) is 67.3 Å². The summed E-state index contributed by atoms with van der Waals surface area (Å²) in [5, 5.41) is 5.72. The van der Waals surface area contributed by atoms with E-state index in [0.29, 0.717) is 0 Å². The Morgan fingerprint density at radius 1 is 1.04 bits per heavy atom. The summed E-state index contributed by atoms with van der Waals surface area (Å²) in [5.74, 6) is 0. The number of nitrogens with zero attached hydrogens (tertiary/aromatic N) is 1. The molecule has 0 radical (unpaired) electrons. The van der Waals surface area contributed by atoms with Crippen LogP contribution in [0.25, 0.3) is 27.5 Å². The molecule has 0 bridgehead atoms. The molecule has 3 N–H and O–H groups in total. The molecule has 122 valence electrons. The Balaban J connectivity index is 1.58. The summed E-state index contributed by atoms with van der Waals surface area (Å²) in [6.07, 6.45) is 13.2. The summed E-state index contributed by atoms with van der Waals surface area (Å²) >= 11 is 0. The van der Waals surface area contributed by atoms with Crippen LogP contribution in [0.3, 0.4) is 0 Å². The molecule has 0 spiro atoms. The summed E-state index contributed by atoms with van der Waals surface area (Å²) in [5.41, 5.74) is 7.01. The zero-order chi connectivity index (χ0) is 16.6. The third kappa shape index (κ3) is 2.43. The number of aromatic nitrogens is 3. The maximum Gasteiger partial charge on any atom is 0.137 e. The molecule has 5 rings (SSSR count). The van der Waals surface area contributed by atoms with Gasteiger partial charge >= 0.3 is 0 Å². The van der Waals surface area contributed by atoms with Crippen molar-refractivity contribution in [3.63, 3.8) is 0 Å². The van der Waals surface area contributed by atoms with Crippen molar-refractivity contribution in [2.24, 2.45) is 0 Å². The highest BCUT2D eigenvalue weighted by Gasteiger charge is 2.10. The summed E-state index contributed by atoms with van der Waals surface area (Å²) in [7, 11) is 0. The summed E-state index contributed by atoms with van der Waals surface area (Å²) in [6, 6.07) is 10.8. The van der Waals surface area contributed by atoms with Crippen LogP contribution in [0.5, 0.6) is 0 Å². The number of benzene rings is 1. The van der Waals surface area contributed by atoms with E-state index < -0.39 is 0 Å². The van der Waals surface area contributed by atoms with Gasteiger partial charge in [0, 0.05) is 59.6 Å². The number of aromatic amines is 2. The van der Waals surface area contributed by atoms with E-state index in [1.807, 2.05) is 12.4 Å². The molecular weight excluding hydrogens is 308 g/mol. The van der Waals surface area contributed by atoms with Crippen LogP contribution in [0.4, 0.5) is 0 Å². The van der Waals surface area contributed by atoms with Crippen LogP contribution in [-0.4, -0.2) is 21.5 Å². The molecule has 0 saturated carbocycles. The molecule has 0 fully saturated rings. The lowest BCUT2D eigenvalue weighted by Crippen LogP contribution is -2.08. The van der Waals surface area contributed by atoms with Gasteiger partial charge in [0.2, 0.25) is 0 Å². The Labute approximate surface area is 145 Å². The van der Waals surface area contributed by atoms with Gasteiger partial charge in [-0.15, -0.1) is 0 Å². The van der Waals surface area contributed by atoms with Crippen LogP contribution in [0.2, 0.25) is 0 Å². The summed E-state index contributed by atoms with van der Waals surface area (Å²) in [4.78, 5) is 11.2. The van der Waals surface area contributed by atoms with E-state index in [0.717, 1.165) is 24.2 Å². The van der Waals surface area contributed by atoms with Crippen molar-refractivity contribution >= 4 is 27.5 Å². The van der Waals surface area contributed by atoms with Crippen LogP contribution >= 0.6 is 0 Å². The van der Waals surface area contributed by atoms with Crippen molar-refractivity contribution in [2.45, 2.75) is 6.42 Å². The fourth-order valence-electron chi connectivity index (χ4n) is 3.52. The van der Waals surface area contributed by atoms with Crippen molar-refractivity contribution in [3.8, 4) is 0 Å². The Morgan fingerprint density at radius 2 is 2.04 bits per heavy atom. The SMILES string of the molecule is C1=CC(c2cnc3[nH]cc(Cc4cccc5[nH]ccc45)c3c2)=CNC1. The molecule has 0 aliphatic carbocycles. The largest absolute Gasteiger partial charge is 0.387 e. The van der Waals surface area contributed by atoms with Crippen LogP contribution in [0.1, 0.15) is 16.7 Å². The predicted octanol–water partition coefficient (Wildman–Crippen LogP) is 4.14. The van der Waals surface area contributed by atoms with E-state index >= 15 is 0 Å². The standard InChI is InChI=1S/C21H18N4/c1-3-14(18-6-8-23-20(18)5-1)9-17-13-25-21-19(17)10-16(12-24-21)15-4-2-7-22-11-15/h1-6,8,10-13,22-23H,7,9H2,(H,24,25). The number of H-pyrrole nitrogens is 2. The van der Waals surface area contributed by atoms with Crippen LogP contribution in [0, 0.1) is 0 Å².